The van der Waals surface area contributed by atoms with Crippen LogP contribution in [0.15, 0.2) is 64.0 Å². The molecule has 0 heterocycles. The molecule has 0 saturated heterocycles. The van der Waals surface area contributed by atoms with Crippen LogP contribution in [0.25, 0.3) is 0 Å². The third-order valence-corrected chi connectivity index (χ3v) is 3.81. The smallest absolute Gasteiger partial charge is 0.276 e. The topological polar surface area (TPSA) is 97.0 Å². The number of nitro groups is 1. The number of allylic oxidation sites excluding steroid dienone is 1. The second kappa shape index (κ2) is 8.15. The van der Waals surface area contributed by atoms with E-state index >= 15 is 0 Å². The summed E-state index contributed by atoms with van der Waals surface area (Å²) in [4.78, 5) is 23.0. The normalized spacial score (nSPS) is 10.6. The van der Waals surface area contributed by atoms with Gasteiger partial charge in [-0.3, -0.25) is 14.9 Å². The van der Waals surface area contributed by atoms with Crippen molar-refractivity contribution in [3.63, 3.8) is 0 Å². The summed E-state index contributed by atoms with van der Waals surface area (Å²) < 4.78 is 0. The molecule has 7 nitrogen and oxygen atoms in total. The Balaban J connectivity index is 2.32. The van der Waals surface area contributed by atoms with Crippen LogP contribution < -0.4 is 5.32 Å². The van der Waals surface area contributed by atoms with Crippen molar-refractivity contribution in [2.24, 2.45) is 10.2 Å². The summed E-state index contributed by atoms with van der Waals surface area (Å²) in [5, 5.41) is 21.9. The molecule has 0 fully saturated rings. The minimum Gasteiger partial charge on any atom is -0.321 e. The number of nitrogens with zero attached hydrogens (tertiary/aromatic N) is 3. The summed E-state index contributed by atoms with van der Waals surface area (Å²) in [6, 6.07) is 11.9. The molecule has 0 bridgehead atoms. The SMILES string of the molecule is CC(C)=C(/N=N/c1cc([N+](=O)[O-])cc(C)c1C)C(=O)Nc1ccccc1. The van der Waals surface area contributed by atoms with Gasteiger partial charge in [0, 0.05) is 17.8 Å². The summed E-state index contributed by atoms with van der Waals surface area (Å²) in [5.41, 5.74) is 3.31. The Kier molecular flexibility index (Phi) is 5.95. The molecule has 0 atom stereocenters. The predicted octanol–water partition coefficient (Wildman–Crippen LogP) is 5.23. The largest absolute Gasteiger partial charge is 0.321 e. The lowest BCUT2D eigenvalue weighted by molar-refractivity contribution is -0.384. The van der Waals surface area contributed by atoms with Gasteiger partial charge in [-0.25, -0.2) is 0 Å². The van der Waals surface area contributed by atoms with Crippen LogP contribution in [-0.4, -0.2) is 10.8 Å². The van der Waals surface area contributed by atoms with Crippen LogP contribution in [-0.2, 0) is 4.79 Å². The fourth-order valence-corrected chi connectivity index (χ4v) is 2.22. The molecule has 2 aromatic carbocycles. The van der Waals surface area contributed by atoms with Gasteiger partial charge >= 0.3 is 0 Å². The maximum atomic E-state index is 12.5. The summed E-state index contributed by atoms with van der Waals surface area (Å²) >= 11 is 0. The molecule has 0 aliphatic carbocycles. The number of carbonyl (C=O) groups excluding carboxylic acids is 1. The van der Waals surface area contributed by atoms with Gasteiger partial charge in [0.25, 0.3) is 11.6 Å². The van der Waals surface area contributed by atoms with E-state index in [1.165, 1.54) is 12.1 Å². The average molecular weight is 352 g/mol. The molecule has 0 radical (unpaired) electrons. The van der Waals surface area contributed by atoms with Crippen molar-refractivity contribution in [2.75, 3.05) is 5.32 Å². The number of hydrogen-bond donors (Lipinski definition) is 1. The number of para-hydroxylation sites is 1. The standard InChI is InChI=1S/C19H20N4O3/c1-12(2)18(19(24)20-15-8-6-5-7-9-15)22-21-17-11-16(23(25)26)10-13(3)14(17)4/h5-11H,1-4H3,(H,20,24)/b22-21+. The zero-order chi connectivity index (χ0) is 19.3. The number of non-ortho nitro benzene ring substituents is 1. The van der Waals surface area contributed by atoms with Crippen molar-refractivity contribution in [3.8, 4) is 0 Å². The van der Waals surface area contributed by atoms with Crippen molar-refractivity contribution >= 4 is 23.0 Å². The maximum Gasteiger partial charge on any atom is 0.276 e. The van der Waals surface area contributed by atoms with Gasteiger partial charge in [-0.05, 0) is 56.5 Å². The monoisotopic (exact) mass is 352 g/mol. The van der Waals surface area contributed by atoms with E-state index in [1.807, 2.05) is 18.2 Å². The Bertz CT molecular complexity index is 899. The molecular formula is C19H20N4O3. The van der Waals surface area contributed by atoms with Gasteiger partial charge in [-0.2, -0.15) is 0 Å². The fourth-order valence-electron chi connectivity index (χ4n) is 2.22. The van der Waals surface area contributed by atoms with Gasteiger partial charge in [-0.1, -0.05) is 18.2 Å². The number of nitro benzene ring substituents is 1. The van der Waals surface area contributed by atoms with Gasteiger partial charge in [-0.15, -0.1) is 10.2 Å². The summed E-state index contributed by atoms with van der Waals surface area (Å²) in [6.07, 6.45) is 0. The van der Waals surface area contributed by atoms with Crippen LogP contribution in [0, 0.1) is 24.0 Å². The maximum absolute atomic E-state index is 12.5. The van der Waals surface area contributed by atoms with Crippen LogP contribution in [0.1, 0.15) is 25.0 Å². The number of benzene rings is 2. The van der Waals surface area contributed by atoms with Gasteiger partial charge < -0.3 is 5.32 Å². The Morgan fingerprint density at radius 1 is 1.12 bits per heavy atom. The minimum atomic E-state index is -0.477. The zero-order valence-corrected chi connectivity index (χ0v) is 15.1. The predicted molar refractivity (Wildman–Crippen MR) is 101 cm³/mol. The number of nitrogens with one attached hydrogen (secondary N) is 1. The number of carbonyl (C=O) groups is 1. The molecule has 1 amide bonds. The van der Waals surface area contributed by atoms with Crippen molar-refractivity contribution in [1.29, 1.82) is 0 Å². The number of aryl methyl sites for hydroxylation is 1. The van der Waals surface area contributed by atoms with E-state index in [9.17, 15) is 14.9 Å². The molecule has 0 aliphatic heterocycles. The Hall–Kier alpha value is -3.35. The molecule has 1 N–H and O–H groups in total. The molecule has 0 aliphatic rings. The van der Waals surface area contributed by atoms with Gasteiger partial charge in [0.15, 0.2) is 0 Å². The quantitative estimate of drug-likeness (QED) is 0.345. The lowest BCUT2D eigenvalue weighted by Crippen LogP contribution is -2.14. The summed E-state index contributed by atoms with van der Waals surface area (Å²) in [6.45, 7) is 7.08. The van der Waals surface area contributed by atoms with Crippen LogP contribution in [0.4, 0.5) is 17.1 Å². The summed E-state index contributed by atoms with van der Waals surface area (Å²) in [5.74, 6) is -0.389. The van der Waals surface area contributed by atoms with E-state index in [-0.39, 0.29) is 17.3 Å². The fraction of sp³-hybridized carbons (Fsp3) is 0.211. The highest BCUT2D eigenvalue weighted by molar-refractivity contribution is 6.03. The molecule has 0 aromatic heterocycles. The molecule has 2 aromatic rings. The van der Waals surface area contributed by atoms with E-state index in [0.717, 1.165) is 11.1 Å². The van der Waals surface area contributed by atoms with Crippen LogP contribution in [0.3, 0.4) is 0 Å². The highest BCUT2D eigenvalue weighted by Crippen LogP contribution is 2.29. The Labute approximate surface area is 151 Å². The van der Waals surface area contributed by atoms with Crippen molar-refractivity contribution < 1.29 is 9.72 Å². The molecule has 0 spiro atoms. The molecule has 26 heavy (non-hydrogen) atoms. The van der Waals surface area contributed by atoms with Gasteiger partial charge in [0.2, 0.25) is 0 Å². The van der Waals surface area contributed by atoms with Crippen LogP contribution in [0.2, 0.25) is 0 Å². The third kappa shape index (κ3) is 4.60. The third-order valence-electron chi connectivity index (χ3n) is 3.81. The molecular weight excluding hydrogens is 332 g/mol. The highest BCUT2D eigenvalue weighted by Gasteiger charge is 2.14. The van der Waals surface area contributed by atoms with Gasteiger partial charge in [0.1, 0.15) is 5.70 Å². The molecule has 7 heteroatoms. The average Bonchev–Trinajstić information content (AvgIpc) is 2.58. The van der Waals surface area contributed by atoms with Crippen molar-refractivity contribution in [2.45, 2.75) is 27.7 Å². The molecule has 2 rings (SSSR count). The number of amides is 1. The first kappa shape index (κ1) is 19.0. The second-order valence-corrected chi connectivity index (χ2v) is 6.03. The molecule has 134 valence electrons. The second-order valence-electron chi connectivity index (χ2n) is 6.03. The Morgan fingerprint density at radius 3 is 2.35 bits per heavy atom. The van der Waals surface area contributed by atoms with E-state index in [2.05, 4.69) is 15.5 Å². The number of azo groups is 1. The highest BCUT2D eigenvalue weighted by atomic mass is 16.6. The first-order valence-electron chi connectivity index (χ1n) is 8.01. The van der Waals surface area contributed by atoms with E-state index < -0.39 is 4.92 Å². The lowest BCUT2D eigenvalue weighted by Gasteiger charge is -2.07. The van der Waals surface area contributed by atoms with E-state index in [0.29, 0.717) is 16.9 Å². The number of hydrogen-bond acceptors (Lipinski definition) is 5. The van der Waals surface area contributed by atoms with Gasteiger partial charge in [0.05, 0.1) is 10.6 Å². The number of rotatable bonds is 5. The molecule has 0 unspecified atom stereocenters. The van der Waals surface area contributed by atoms with E-state index in [1.54, 1.807) is 39.8 Å². The minimum absolute atomic E-state index is 0.0606. The van der Waals surface area contributed by atoms with Crippen molar-refractivity contribution in [1.82, 2.24) is 0 Å². The first-order chi connectivity index (χ1) is 12.3. The van der Waals surface area contributed by atoms with Crippen LogP contribution in [0.5, 0.6) is 0 Å². The lowest BCUT2D eigenvalue weighted by atomic mass is 10.1. The number of anilines is 1. The molecule has 0 saturated carbocycles. The van der Waals surface area contributed by atoms with Crippen molar-refractivity contribution in [3.05, 3.63) is 75.0 Å². The Morgan fingerprint density at radius 2 is 1.77 bits per heavy atom. The van der Waals surface area contributed by atoms with Crippen LogP contribution >= 0.6 is 0 Å². The van der Waals surface area contributed by atoms with E-state index in [4.69, 9.17) is 0 Å². The summed E-state index contributed by atoms with van der Waals surface area (Å²) in [7, 11) is 0. The zero-order valence-electron chi connectivity index (χ0n) is 15.1. The first-order valence-corrected chi connectivity index (χ1v) is 8.01.